The minimum absolute atomic E-state index is 0.233. The van der Waals surface area contributed by atoms with E-state index in [1.54, 1.807) is 7.05 Å². The van der Waals surface area contributed by atoms with Crippen LogP contribution in [0.4, 0.5) is 5.95 Å². The predicted octanol–water partition coefficient (Wildman–Crippen LogP) is -1.11. The number of nitrogens with one attached hydrogen (secondary N) is 1. The number of hydrogen-bond acceptors (Lipinski definition) is 5. The van der Waals surface area contributed by atoms with Gasteiger partial charge in [0.1, 0.15) is 0 Å². The fourth-order valence-electron chi connectivity index (χ4n) is 2.81. The third-order valence-corrected chi connectivity index (χ3v) is 4.00. The van der Waals surface area contributed by atoms with Crippen molar-refractivity contribution >= 4 is 17.1 Å². The Kier molecular flexibility index (Phi) is 2.89. The molecule has 2 aromatic heterocycles. The quantitative estimate of drug-likeness (QED) is 0.725. The molecule has 8 heteroatoms. The molecule has 0 amide bonds. The van der Waals surface area contributed by atoms with Crippen LogP contribution in [0, 0.1) is 0 Å². The fourth-order valence-corrected chi connectivity index (χ4v) is 2.81. The van der Waals surface area contributed by atoms with E-state index < -0.39 is 0 Å². The SMILES string of the molecule is Cn1c(=O)c2[nH]c(N3CCCC3CN)nc2n(C)c1=O. The summed E-state index contributed by atoms with van der Waals surface area (Å²) in [6.07, 6.45) is 2.07. The lowest BCUT2D eigenvalue weighted by atomic mass is 10.2. The lowest BCUT2D eigenvalue weighted by Crippen LogP contribution is -2.36. The van der Waals surface area contributed by atoms with Gasteiger partial charge in [0.05, 0.1) is 0 Å². The largest absolute Gasteiger partial charge is 0.338 e. The molecular weight excluding hydrogens is 260 g/mol. The number of nitrogens with two attached hydrogens (primary N) is 1. The van der Waals surface area contributed by atoms with Crippen LogP contribution in [0.1, 0.15) is 12.8 Å². The standard InChI is InChI=1S/C12H18N6O2/c1-16-9-8(10(19)17(2)12(16)20)14-11(15-9)18-5-3-4-7(18)6-13/h7H,3-6,13H2,1-2H3,(H,14,15). The minimum atomic E-state index is -0.377. The van der Waals surface area contributed by atoms with Crippen LogP contribution in [0.5, 0.6) is 0 Å². The van der Waals surface area contributed by atoms with Crippen LogP contribution in [0.2, 0.25) is 0 Å². The van der Waals surface area contributed by atoms with Gasteiger partial charge >= 0.3 is 5.69 Å². The van der Waals surface area contributed by atoms with Crippen LogP contribution in [0.25, 0.3) is 11.2 Å². The van der Waals surface area contributed by atoms with Crippen LogP contribution in [0.3, 0.4) is 0 Å². The van der Waals surface area contributed by atoms with Crippen molar-refractivity contribution in [2.75, 3.05) is 18.0 Å². The average molecular weight is 278 g/mol. The molecule has 0 bridgehead atoms. The van der Waals surface area contributed by atoms with E-state index in [4.69, 9.17) is 5.73 Å². The minimum Gasteiger partial charge on any atom is -0.338 e. The van der Waals surface area contributed by atoms with Crippen molar-refractivity contribution in [1.29, 1.82) is 0 Å². The zero-order valence-corrected chi connectivity index (χ0v) is 11.6. The molecule has 3 rings (SSSR count). The zero-order valence-electron chi connectivity index (χ0n) is 11.6. The molecule has 2 aromatic rings. The van der Waals surface area contributed by atoms with Gasteiger partial charge in [-0.3, -0.25) is 13.9 Å². The summed E-state index contributed by atoms with van der Waals surface area (Å²) in [7, 11) is 3.07. The second kappa shape index (κ2) is 4.48. The first-order chi connectivity index (χ1) is 9.54. The Labute approximate surface area is 114 Å². The lowest BCUT2D eigenvalue weighted by Gasteiger charge is -2.22. The number of anilines is 1. The molecule has 0 spiro atoms. The summed E-state index contributed by atoms with van der Waals surface area (Å²) in [6.45, 7) is 1.41. The molecule has 0 aromatic carbocycles. The van der Waals surface area contributed by atoms with Crippen molar-refractivity contribution in [3.63, 3.8) is 0 Å². The summed E-state index contributed by atoms with van der Waals surface area (Å²) in [5, 5.41) is 0. The topological polar surface area (TPSA) is 102 Å². The predicted molar refractivity (Wildman–Crippen MR) is 76.0 cm³/mol. The Morgan fingerprint density at radius 3 is 2.80 bits per heavy atom. The van der Waals surface area contributed by atoms with Crippen molar-refractivity contribution < 1.29 is 0 Å². The van der Waals surface area contributed by atoms with Crippen molar-refractivity contribution in [2.24, 2.45) is 19.8 Å². The normalized spacial score (nSPS) is 19.1. The summed E-state index contributed by atoms with van der Waals surface area (Å²) in [4.78, 5) is 33.5. The summed E-state index contributed by atoms with van der Waals surface area (Å²) >= 11 is 0. The summed E-state index contributed by atoms with van der Waals surface area (Å²) in [5.41, 5.74) is 5.76. The highest BCUT2D eigenvalue weighted by atomic mass is 16.2. The summed E-state index contributed by atoms with van der Waals surface area (Å²) < 4.78 is 2.46. The van der Waals surface area contributed by atoms with Gasteiger partial charge in [0.25, 0.3) is 5.56 Å². The van der Waals surface area contributed by atoms with Crippen molar-refractivity contribution in [1.82, 2.24) is 19.1 Å². The monoisotopic (exact) mass is 278 g/mol. The smallest absolute Gasteiger partial charge is 0.332 e. The van der Waals surface area contributed by atoms with E-state index in [0.717, 1.165) is 24.0 Å². The number of nitrogens with zero attached hydrogens (tertiary/aromatic N) is 4. The van der Waals surface area contributed by atoms with E-state index >= 15 is 0 Å². The van der Waals surface area contributed by atoms with Crippen LogP contribution in [0.15, 0.2) is 9.59 Å². The molecule has 108 valence electrons. The fraction of sp³-hybridized carbons (Fsp3) is 0.583. The van der Waals surface area contributed by atoms with E-state index in [-0.39, 0.29) is 17.3 Å². The highest BCUT2D eigenvalue weighted by Crippen LogP contribution is 2.23. The number of H-pyrrole nitrogens is 1. The van der Waals surface area contributed by atoms with Crippen molar-refractivity contribution in [3.8, 4) is 0 Å². The first kappa shape index (κ1) is 12.9. The Morgan fingerprint density at radius 1 is 1.35 bits per heavy atom. The number of aromatic nitrogens is 4. The molecule has 0 aliphatic carbocycles. The number of fused-ring (bicyclic) bond motifs is 1. The van der Waals surface area contributed by atoms with E-state index in [1.165, 1.54) is 11.6 Å². The third kappa shape index (κ3) is 1.68. The number of imidazole rings is 1. The lowest BCUT2D eigenvalue weighted by molar-refractivity contribution is 0.667. The molecule has 3 N–H and O–H groups in total. The van der Waals surface area contributed by atoms with Crippen LogP contribution in [-0.2, 0) is 14.1 Å². The van der Waals surface area contributed by atoms with Gasteiger partial charge in [-0.2, -0.15) is 4.98 Å². The molecule has 1 fully saturated rings. The Morgan fingerprint density at radius 2 is 2.10 bits per heavy atom. The highest BCUT2D eigenvalue weighted by molar-refractivity contribution is 5.73. The van der Waals surface area contributed by atoms with E-state index in [9.17, 15) is 9.59 Å². The molecule has 0 radical (unpaired) electrons. The number of hydrogen-bond donors (Lipinski definition) is 2. The number of aromatic amines is 1. The zero-order chi connectivity index (χ0) is 14.4. The molecular formula is C12H18N6O2. The first-order valence-corrected chi connectivity index (χ1v) is 6.67. The Hall–Kier alpha value is -2.09. The number of aryl methyl sites for hydroxylation is 1. The van der Waals surface area contributed by atoms with Gasteiger partial charge in [-0.1, -0.05) is 0 Å². The molecule has 3 heterocycles. The molecule has 1 atom stereocenters. The molecule has 1 aliphatic heterocycles. The van der Waals surface area contributed by atoms with E-state index in [2.05, 4.69) is 14.9 Å². The average Bonchev–Trinajstić information content (AvgIpc) is 3.08. The summed E-state index contributed by atoms with van der Waals surface area (Å²) in [5.74, 6) is 0.617. The maximum absolute atomic E-state index is 12.1. The Bertz CT molecular complexity index is 771. The van der Waals surface area contributed by atoms with Gasteiger partial charge in [0.2, 0.25) is 5.95 Å². The second-order valence-corrected chi connectivity index (χ2v) is 5.19. The van der Waals surface area contributed by atoms with Gasteiger partial charge in [-0.25, -0.2) is 4.79 Å². The molecule has 20 heavy (non-hydrogen) atoms. The van der Waals surface area contributed by atoms with Crippen LogP contribution in [-0.4, -0.2) is 38.2 Å². The van der Waals surface area contributed by atoms with Gasteiger partial charge in [-0.15, -0.1) is 0 Å². The van der Waals surface area contributed by atoms with Gasteiger partial charge in [0, 0.05) is 33.2 Å². The van der Waals surface area contributed by atoms with Crippen molar-refractivity contribution in [3.05, 3.63) is 20.8 Å². The van der Waals surface area contributed by atoms with Crippen LogP contribution < -0.4 is 21.9 Å². The first-order valence-electron chi connectivity index (χ1n) is 6.67. The maximum atomic E-state index is 12.1. The third-order valence-electron chi connectivity index (χ3n) is 4.00. The number of rotatable bonds is 2. The Balaban J connectivity index is 2.21. The molecule has 8 nitrogen and oxygen atoms in total. The van der Waals surface area contributed by atoms with Gasteiger partial charge in [-0.05, 0) is 12.8 Å². The molecule has 1 aliphatic rings. The summed E-state index contributed by atoms with van der Waals surface area (Å²) in [6, 6.07) is 0.233. The van der Waals surface area contributed by atoms with Gasteiger partial charge < -0.3 is 15.6 Å². The van der Waals surface area contributed by atoms with Crippen LogP contribution >= 0.6 is 0 Å². The van der Waals surface area contributed by atoms with E-state index in [1.807, 2.05) is 0 Å². The second-order valence-electron chi connectivity index (χ2n) is 5.19. The molecule has 0 saturated carbocycles. The molecule has 1 saturated heterocycles. The van der Waals surface area contributed by atoms with Crippen molar-refractivity contribution in [2.45, 2.75) is 18.9 Å². The molecule has 1 unspecified atom stereocenters. The highest BCUT2D eigenvalue weighted by Gasteiger charge is 2.26. The van der Waals surface area contributed by atoms with Gasteiger partial charge in [0.15, 0.2) is 11.2 Å². The maximum Gasteiger partial charge on any atom is 0.332 e. The van der Waals surface area contributed by atoms with E-state index in [0.29, 0.717) is 23.7 Å².